The summed E-state index contributed by atoms with van der Waals surface area (Å²) in [6.45, 7) is 2.86. The van der Waals surface area contributed by atoms with Crippen LogP contribution >= 0.6 is 11.5 Å². The normalized spacial score (nSPS) is 15.1. The van der Waals surface area contributed by atoms with Crippen molar-refractivity contribution in [3.05, 3.63) is 35.2 Å². The molecule has 27 heavy (non-hydrogen) atoms. The number of rotatable bonds is 4. The van der Waals surface area contributed by atoms with E-state index in [2.05, 4.69) is 14.7 Å². The van der Waals surface area contributed by atoms with E-state index in [1.807, 2.05) is 0 Å². The van der Waals surface area contributed by atoms with Crippen LogP contribution in [0.5, 0.6) is 0 Å². The molecular formula is C18H23F2N5OS. The van der Waals surface area contributed by atoms with Crippen molar-refractivity contribution in [1.82, 2.24) is 14.3 Å². The van der Waals surface area contributed by atoms with E-state index in [9.17, 15) is 13.6 Å². The first-order valence-corrected chi connectivity index (χ1v) is 9.62. The molecule has 146 valence electrons. The number of nitrogens with one attached hydrogen (secondary N) is 1. The molecule has 0 saturated carbocycles. The first-order valence-electron chi connectivity index (χ1n) is 8.85. The zero-order valence-electron chi connectivity index (χ0n) is 15.6. The molecule has 0 spiro atoms. The molecule has 6 nitrogen and oxygen atoms in total. The second-order valence-electron chi connectivity index (χ2n) is 6.99. The summed E-state index contributed by atoms with van der Waals surface area (Å²) in [5.74, 6) is -0.249. The van der Waals surface area contributed by atoms with E-state index in [-0.39, 0.29) is 17.5 Å². The van der Waals surface area contributed by atoms with E-state index < -0.39 is 11.6 Å². The van der Waals surface area contributed by atoms with Gasteiger partial charge in [-0.3, -0.25) is 5.32 Å². The Hall–Kier alpha value is -2.29. The Morgan fingerprint density at radius 3 is 2.44 bits per heavy atom. The summed E-state index contributed by atoms with van der Waals surface area (Å²) in [6.07, 6.45) is 1.75. The first-order chi connectivity index (χ1) is 12.8. The van der Waals surface area contributed by atoms with Gasteiger partial charge in [0, 0.05) is 50.0 Å². The van der Waals surface area contributed by atoms with Crippen molar-refractivity contribution in [2.75, 3.05) is 37.4 Å². The van der Waals surface area contributed by atoms with Crippen LogP contribution in [0.2, 0.25) is 0 Å². The fourth-order valence-electron chi connectivity index (χ4n) is 3.19. The third kappa shape index (κ3) is 4.71. The van der Waals surface area contributed by atoms with Crippen molar-refractivity contribution >= 4 is 28.4 Å². The molecule has 9 heteroatoms. The van der Waals surface area contributed by atoms with Crippen molar-refractivity contribution in [3.8, 4) is 0 Å². The highest BCUT2D eigenvalue weighted by molar-refractivity contribution is 7.09. The van der Waals surface area contributed by atoms with Crippen LogP contribution in [0, 0.1) is 24.5 Å². The lowest BCUT2D eigenvalue weighted by Crippen LogP contribution is -2.41. The topological polar surface area (TPSA) is 61.4 Å². The molecule has 1 aromatic carbocycles. The molecule has 2 amide bonds. The average Bonchev–Trinajstić information content (AvgIpc) is 3.03. The summed E-state index contributed by atoms with van der Waals surface area (Å²) in [4.78, 5) is 19.8. The number of carbonyl (C=O) groups excluding carboxylic acids is 1. The number of aryl methyl sites for hydroxylation is 1. The van der Waals surface area contributed by atoms with Gasteiger partial charge in [0.2, 0.25) is 5.13 Å². The maximum absolute atomic E-state index is 14.3. The number of hydrogen-bond donors (Lipinski definition) is 1. The van der Waals surface area contributed by atoms with Gasteiger partial charge >= 0.3 is 6.03 Å². The zero-order chi connectivity index (χ0) is 19.6. The number of hydrogen-bond acceptors (Lipinski definition) is 5. The molecule has 1 fully saturated rings. The van der Waals surface area contributed by atoms with Crippen molar-refractivity contribution in [2.24, 2.45) is 5.92 Å². The molecule has 1 saturated heterocycles. The minimum atomic E-state index is -0.509. The summed E-state index contributed by atoms with van der Waals surface area (Å²) < 4.78 is 32.7. The van der Waals surface area contributed by atoms with Crippen molar-refractivity contribution in [2.45, 2.75) is 26.2 Å². The summed E-state index contributed by atoms with van der Waals surface area (Å²) in [7, 11) is 3.50. The SMILES string of the molecule is Cc1nsc(NC(=O)N2CCC(Cc3c(F)cc(N(C)C)cc3F)CC2)n1. The Balaban J connectivity index is 1.56. The highest BCUT2D eigenvalue weighted by Gasteiger charge is 2.25. The van der Waals surface area contributed by atoms with Gasteiger partial charge in [-0.1, -0.05) is 0 Å². The van der Waals surface area contributed by atoms with Crippen molar-refractivity contribution in [1.29, 1.82) is 0 Å². The van der Waals surface area contributed by atoms with Gasteiger partial charge in [0.1, 0.15) is 17.5 Å². The summed E-state index contributed by atoms with van der Waals surface area (Å²) in [5, 5.41) is 3.22. The average molecular weight is 395 g/mol. The van der Waals surface area contributed by atoms with Crippen molar-refractivity contribution < 1.29 is 13.6 Å². The van der Waals surface area contributed by atoms with Crippen LogP contribution in [0.3, 0.4) is 0 Å². The molecule has 0 radical (unpaired) electrons. The Labute approximate surface area is 161 Å². The molecule has 2 aromatic rings. The lowest BCUT2D eigenvalue weighted by molar-refractivity contribution is 0.182. The third-order valence-electron chi connectivity index (χ3n) is 4.78. The molecule has 3 rings (SSSR count). The van der Waals surface area contributed by atoms with Gasteiger partial charge in [-0.15, -0.1) is 0 Å². The van der Waals surface area contributed by atoms with E-state index in [1.165, 1.54) is 12.1 Å². The number of nitrogens with zero attached hydrogens (tertiary/aromatic N) is 4. The Morgan fingerprint density at radius 2 is 1.93 bits per heavy atom. The number of aromatic nitrogens is 2. The van der Waals surface area contributed by atoms with Crippen LogP contribution in [0.4, 0.5) is 24.4 Å². The fourth-order valence-corrected chi connectivity index (χ4v) is 3.76. The van der Waals surface area contributed by atoms with Crippen LogP contribution in [0.25, 0.3) is 0 Å². The fraction of sp³-hybridized carbons (Fsp3) is 0.500. The first kappa shape index (κ1) is 19.5. The van der Waals surface area contributed by atoms with E-state index >= 15 is 0 Å². The number of halogens is 2. The molecule has 1 aromatic heterocycles. The van der Waals surface area contributed by atoms with Crippen LogP contribution in [0.1, 0.15) is 24.2 Å². The number of amides is 2. The van der Waals surface area contributed by atoms with Gasteiger partial charge in [-0.2, -0.15) is 4.37 Å². The maximum atomic E-state index is 14.3. The number of anilines is 2. The van der Waals surface area contributed by atoms with Crippen LogP contribution in [-0.4, -0.2) is 47.5 Å². The standard InChI is InChI=1S/C18H23F2N5OS/c1-11-21-17(27-23-11)22-18(26)25-6-4-12(5-7-25)8-14-15(19)9-13(24(2)3)10-16(14)20/h9-10,12H,4-8H2,1-3H3,(H,21,22,23,26). The predicted octanol–water partition coefficient (Wildman–Crippen LogP) is 3.68. The monoisotopic (exact) mass is 395 g/mol. The molecular weight excluding hydrogens is 372 g/mol. The molecule has 2 heterocycles. The lowest BCUT2D eigenvalue weighted by Gasteiger charge is -2.32. The minimum Gasteiger partial charge on any atom is -0.377 e. The van der Waals surface area contributed by atoms with E-state index in [4.69, 9.17) is 0 Å². The number of benzene rings is 1. The van der Waals surface area contributed by atoms with Crippen LogP contribution in [-0.2, 0) is 6.42 Å². The highest BCUT2D eigenvalue weighted by atomic mass is 32.1. The van der Waals surface area contributed by atoms with E-state index in [1.54, 1.807) is 30.8 Å². The molecule has 0 unspecified atom stereocenters. The summed E-state index contributed by atoms with van der Waals surface area (Å²) >= 11 is 1.14. The largest absolute Gasteiger partial charge is 0.377 e. The van der Waals surface area contributed by atoms with E-state index in [0.29, 0.717) is 49.0 Å². The van der Waals surface area contributed by atoms with Gasteiger partial charge in [0.05, 0.1) is 0 Å². The molecule has 0 bridgehead atoms. The Bertz CT molecular complexity index is 795. The second-order valence-corrected chi connectivity index (χ2v) is 7.75. The molecule has 1 N–H and O–H groups in total. The van der Waals surface area contributed by atoms with Gasteiger partial charge < -0.3 is 9.80 Å². The van der Waals surface area contributed by atoms with E-state index in [0.717, 1.165) is 11.5 Å². The molecule has 0 atom stereocenters. The zero-order valence-corrected chi connectivity index (χ0v) is 16.4. The van der Waals surface area contributed by atoms with Crippen LogP contribution < -0.4 is 10.2 Å². The van der Waals surface area contributed by atoms with Crippen LogP contribution in [0.15, 0.2) is 12.1 Å². The Morgan fingerprint density at radius 1 is 1.30 bits per heavy atom. The van der Waals surface area contributed by atoms with Gasteiger partial charge in [-0.05, 0) is 44.2 Å². The quantitative estimate of drug-likeness (QED) is 0.858. The van der Waals surface area contributed by atoms with Gasteiger partial charge in [0.25, 0.3) is 0 Å². The molecule has 0 aliphatic carbocycles. The maximum Gasteiger partial charge on any atom is 0.323 e. The number of piperidine rings is 1. The predicted molar refractivity (Wildman–Crippen MR) is 102 cm³/mol. The number of urea groups is 1. The summed E-state index contributed by atoms with van der Waals surface area (Å²) in [5.41, 5.74) is 0.639. The number of likely N-dealkylation sites (tertiary alicyclic amines) is 1. The minimum absolute atomic E-state index is 0.132. The van der Waals surface area contributed by atoms with Crippen molar-refractivity contribution in [3.63, 3.8) is 0 Å². The highest BCUT2D eigenvalue weighted by Crippen LogP contribution is 2.27. The lowest BCUT2D eigenvalue weighted by atomic mass is 9.89. The van der Waals surface area contributed by atoms with Gasteiger partial charge in [0.15, 0.2) is 0 Å². The molecule has 1 aliphatic rings. The number of carbonyl (C=O) groups is 1. The molecule has 1 aliphatic heterocycles. The third-order valence-corrected chi connectivity index (χ3v) is 5.50. The summed E-state index contributed by atoms with van der Waals surface area (Å²) in [6, 6.07) is 2.52. The second kappa shape index (κ2) is 8.16. The Kier molecular flexibility index (Phi) is 5.88. The smallest absolute Gasteiger partial charge is 0.323 e. The van der Waals surface area contributed by atoms with Gasteiger partial charge in [-0.25, -0.2) is 18.6 Å².